The van der Waals surface area contributed by atoms with E-state index in [9.17, 15) is 9.90 Å². The quantitative estimate of drug-likeness (QED) is 0.569. The Balaban J connectivity index is 1.85. The average molecular weight is 442 g/mol. The van der Waals surface area contributed by atoms with Crippen LogP contribution in [0.1, 0.15) is 40.1 Å². The molecule has 1 unspecified atom stereocenters. The second-order valence-electron chi connectivity index (χ2n) is 7.38. The molecule has 2 heterocycles. The molecule has 2 aromatic carbocycles. The van der Waals surface area contributed by atoms with E-state index in [0.29, 0.717) is 47.3 Å². The van der Waals surface area contributed by atoms with Crippen LogP contribution < -0.4 is 4.74 Å². The van der Waals surface area contributed by atoms with Crippen LogP contribution in [0.25, 0.3) is 11.3 Å². The molecule has 31 heavy (non-hydrogen) atoms. The maximum Gasteiger partial charge on any atom is 0.273 e. The van der Waals surface area contributed by atoms with Gasteiger partial charge in [-0.2, -0.15) is 5.10 Å². The summed E-state index contributed by atoms with van der Waals surface area (Å²) in [6, 6.07) is 10.5. The molecule has 8 heteroatoms. The van der Waals surface area contributed by atoms with E-state index in [1.54, 1.807) is 24.1 Å². The summed E-state index contributed by atoms with van der Waals surface area (Å²) in [5.41, 5.74) is 3.76. The number of halogens is 1. The Hall–Kier alpha value is -3.03. The van der Waals surface area contributed by atoms with Crippen LogP contribution in [-0.2, 0) is 4.74 Å². The number of phenols is 1. The summed E-state index contributed by atoms with van der Waals surface area (Å²) in [7, 11) is 1.60. The number of rotatable bonds is 7. The Bertz CT molecular complexity index is 1110. The Morgan fingerprint density at radius 2 is 2.00 bits per heavy atom. The number of fused-ring (bicyclic) bond motifs is 1. The number of aryl methyl sites for hydroxylation is 1. The fourth-order valence-corrected chi connectivity index (χ4v) is 4.10. The number of phenolic OH excluding ortho intramolecular Hbond substituents is 1. The van der Waals surface area contributed by atoms with E-state index < -0.39 is 0 Å². The van der Waals surface area contributed by atoms with Crippen LogP contribution in [0.5, 0.6) is 11.5 Å². The molecule has 0 aliphatic carbocycles. The zero-order valence-electron chi connectivity index (χ0n) is 17.6. The van der Waals surface area contributed by atoms with Gasteiger partial charge >= 0.3 is 0 Å². The lowest BCUT2D eigenvalue weighted by atomic mass is 9.95. The van der Waals surface area contributed by atoms with Crippen molar-refractivity contribution >= 4 is 17.5 Å². The second-order valence-corrected chi connectivity index (χ2v) is 7.78. The molecule has 4 rings (SSSR count). The van der Waals surface area contributed by atoms with Crippen LogP contribution in [0.4, 0.5) is 0 Å². The van der Waals surface area contributed by atoms with E-state index in [4.69, 9.17) is 21.1 Å². The van der Waals surface area contributed by atoms with Crippen molar-refractivity contribution < 1.29 is 19.4 Å². The van der Waals surface area contributed by atoms with Crippen molar-refractivity contribution in [1.29, 1.82) is 0 Å². The number of methoxy groups -OCH3 is 1. The van der Waals surface area contributed by atoms with Crippen LogP contribution in [-0.4, -0.2) is 53.0 Å². The minimum absolute atomic E-state index is 0.0597. The fourth-order valence-electron chi connectivity index (χ4n) is 3.94. The van der Waals surface area contributed by atoms with E-state index in [-0.39, 0.29) is 17.7 Å². The Labute approximate surface area is 185 Å². The molecule has 0 fully saturated rings. The number of hydrogen-bond acceptors (Lipinski definition) is 5. The van der Waals surface area contributed by atoms with E-state index in [1.165, 1.54) is 0 Å². The van der Waals surface area contributed by atoms with Gasteiger partial charge in [0, 0.05) is 29.8 Å². The SMILES string of the molecule is CCOc1ccc(C2c3c(-c4cc(Cl)c(C)cc4O)n[nH]c3C(=O)N2CCOC)cc1. The lowest BCUT2D eigenvalue weighted by molar-refractivity contribution is 0.0677. The predicted octanol–water partition coefficient (Wildman–Crippen LogP) is 4.33. The van der Waals surface area contributed by atoms with Gasteiger partial charge in [-0.1, -0.05) is 23.7 Å². The molecule has 2 N–H and O–H groups in total. The highest BCUT2D eigenvalue weighted by Crippen LogP contribution is 2.45. The molecular formula is C23H24ClN3O4. The lowest BCUT2D eigenvalue weighted by Gasteiger charge is -2.26. The van der Waals surface area contributed by atoms with Crippen LogP contribution >= 0.6 is 11.6 Å². The molecular weight excluding hydrogens is 418 g/mol. The highest BCUT2D eigenvalue weighted by Gasteiger charge is 2.42. The molecule has 0 bridgehead atoms. The first kappa shape index (κ1) is 21.2. The summed E-state index contributed by atoms with van der Waals surface area (Å²) < 4.78 is 10.8. The minimum Gasteiger partial charge on any atom is -0.507 e. The summed E-state index contributed by atoms with van der Waals surface area (Å²) in [4.78, 5) is 14.9. The van der Waals surface area contributed by atoms with Crippen molar-refractivity contribution in [2.45, 2.75) is 19.9 Å². The highest BCUT2D eigenvalue weighted by atomic mass is 35.5. The molecule has 3 aromatic rings. The summed E-state index contributed by atoms with van der Waals surface area (Å²) >= 11 is 6.32. The molecule has 0 spiro atoms. The van der Waals surface area contributed by atoms with Crippen LogP contribution in [0.3, 0.4) is 0 Å². The first-order valence-corrected chi connectivity index (χ1v) is 10.4. The molecule has 0 saturated heterocycles. The number of hydrogen-bond donors (Lipinski definition) is 2. The van der Waals surface area contributed by atoms with Crippen molar-refractivity contribution in [3.8, 4) is 22.8 Å². The normalized spacial score (nSPS) is 15.4. The van der Waals surface area contributed by atoms with Crippen molar-refractivity contribution in [2.24, 2.45) is 0 Å². The molecule has 0 saturated carbocycles. The largest absolute Gasteiger partial charge is 0.507 e. The van der Waals surface area contributed by atoms with E-state index in [2.05, 4.69) is 10.2 Å². The number of H-pyrrole nitrogens is 1. The van der Waals surface area contributed by atoms with Gasteiger partial charge in [0.05, 0.1) is 19.3 Å². The van der Waals surface area contributed by atoms with Gasteiger partial charge in [0.15, 0.2) is 0 Å². The first-order chi connectivity index (χ1) is 15.0. The van der Waals surface area contributed by atoms with E-state index in [1.807, 2.05) is 38.1 Å². The molecule has 1 aliphatic rings. The number of benzene rings is 2. The minimum atomic E-state index is -0.387. The van der Waals surface area contributed by atoms with Crippen LogP contribution in [0.2, 0.25) is 5.02 Å². The Morgan fingerprint density at radius 1 is 1.26 bits per heavy atom. The number of carbonyl (C=O) groups excluding carboxylic acids is 1. The standard InChI is InChI=1S/C23H24ClN3O4/c1-4-31-15-7-5-14(6-8-15)22-19-20(16-12-17(24)13(2)11-18(16)28)25-26-21(19)23(29)27(22)9-10-30-3/h5-8,11-12,22,28H,4,9-10H2,1-3H3,(H,25,26). The van der Waals surface area contributed by atoms with Crippen molar-refractivity contribution in [3.05, 3.63) is 63.8 Å². The number of nitrogens with zero attached hydrogens (tertiary/aromatic N) is 2. The Kier molecular flexibility index (Phi) is 5.89. The summed E-state index contributed by atoms with van der Waals surface area (Å²) in [6.45, 7) is 5.13. The Morgan fingerprint density at radius 3 is 2.68 bits per heavy atom. The lowest BCUT2D eigenvalue weighted by Crippen LogP contribution is -2.32. The van der Waals surface area contributed by atoms with Gasteiger partial charge < -0.3 is 19.5 Å². The van der Waals surface area contributed by atoms with Crippen molar-refractivity contribution in [1.82, 2.24) is 15.1 Å². The zero-order chi connectivity index (χ0) is 22.1. The van der Waals surface area contributed by atoms with Crippen LogP contribution in [0.15, 0.2) is 36.4 Å². The maximum atomic E-state index is 13.2. The summed E-state index contributed by atoms with van der Waals surface area (Å²) in [6.07, 6.45) is 0. The fraction of sp³-hybridized carbons (Fsp3) is 0.304. The molecule has 1 amide bonds. The summed E-state index contributed by atoms with van der Waals surface area (Å²) in [5.74, 6) is 0.654. The molecule has 0 radical (unpaired) electrons. The third-order valence-electron chi connectivity index (χ3n) is 5.44. The molecule has 1 atom stereocenters. The molecule has 162 valence electrons. The smallest absolute Gasteiger partial charge is 0.273 e. The zero-order valence-corrected chi connectivity index (χ0v) is 18.4. The van der Waals surface area contributed by atoms with Crippen molar-refractivity contribution in [3.63, 3.8) is 0 Å². The van der Waals surface area contributed by atoms with Gasteiger partial charge in [-0.25, -0.2) is 0 Å². The van der Waals surface area contributed by atoms with Gasteiger partial charge in [0.1, 0.15) is 22.9 Å². The first-order valence-electron chi connectivity index (χ1n) is 10.1. The number of aromatic nitrogens is 2. The number of nitrogens with one attached hydrogen (secondary N) is 1. The topological polar surface area (TPSA) is 87.7 Å². The monoisotopic (exact) mass is 441 g/mol. The summed E-state index contributed by atoms with van der Waals surface area (Å²) in [5, 5.41) is 18.4. The number of aromatic hydroxyl groups is 1. The average Bonchev–Trinajstić information content (AvgIpc) is 3.29. The van der Waals surface area contributed by atoms with Gasteiger partial charge in [-0.15, -0.1) is 0 Å². The number of aromatic amines is 1. The maximum absolute atomic E-state index is 13.2. The third kappa shape index (κ3) is 3.75. The van der Waals surface area contributed by atoms with Crippen molar-refractivity contribution in [2.75, 3.05) is 26.9 Å². The molecule has 1 aliphatic heterocycles. The van der Waals surface area contributed by atoms with Gasteiger partial charge in [0.25, 0.3) is 5.91 Å². The van der Waals surface area contributed by atoms with Gasteiger partial charge in [0.2, 0.25) is 0 Å². The molecule has 7 nitrogen and oxygen atoms in total. The van der Waals surface area contributed by atoms with Crippen LogP contribution in [0, 0.1) is 6.92 Å². The van der Waals surface area contributed by atoms with E-state index in [0.717, 1.165) is 16.9 Å². The third-order valence-corrected chi connectivity index (χ3v) is 5.85. The van der Waals surface area contributed by atoms with Gasteiger partial charge in [-0.05, 0) is 49.2 Å². The highest BCUT2D eigenvalue weighted by molar-refractivity contribution is 6.31. The van der Waals surface area contributed by atoms with Gasteiger partial charge in [-0.3, -0.25) is 9.89 Å². The predicted molar refractivity (Wildman–Crippen MR) is 118 cm³/mol. The number of carbonyl (C=O) groups is 1. The number of ether oxygens (including phenoxy) is 2. The molecule has 1 aromatic heterocycles. The second kappa shape index (κ2) is 8.61. The van der Waals surface area contributed by atoms with E-state index >= 15 is 0 Å². The number of amides is 1.